The predicted octanol–water partition coefficient (Wildman–Crippen LogP) is 4.46. The van der Waals surface area contributed by atoms with Gasteiger partial charge in [-0.3, -0.25) is 9.59 Å². The highest BCUT2D eigenvalue weighted by Gasteiger charge is 2.28. The zero-order valence-electron chi connectivity index (χ0n) is 16.7. The predicted molar refractivity (Wildman–Crippen MR) is 114 cm³/mol. The molecule has 29 heavy (non-hydrogen) atoms. The van der Waals surface area contributed by atoms with Gasteiger partial charge in [-0.2, -0.15) is 0 Å². The molecule has 3 rings (SSSR count). The molecule has 0 spiro atoms. The molecule has 2 aromatic carbocycles. The lowest BCUT2D eigenvalue weighted by atomic mass is 10.0. The first-order valence-corrected chi connectivity index (χ1v) is 10.4. The van der Waals surface area contributed by atoms with Gasteiger partial charge in [0.2, 0.25) is 5.91 Å². The largest absolute Gasteiger partial charge is 0.481 e. The van der Waals surface area contributed by atoms with E-state index in [4.69, 9.17) is 5.11 Å². The maximum atomic E-state index is 12.2. The van der Waals surface area contributed by atoms with Crippen LogP contribution in [-0.4, -0.2) is 39.6 Å². The van der Waals surface area contributed by atoms with Crippen molar-refractivity contribution in [3.8, 4) is 0 Å². The number of amides is 1. The van der Waals surface area contributed by atoms with Crippen molar-refractivity contribution in [2.75, 3.05) is 6.54 Å². The monoisotopic (exact) mass is 395 g/mol. The third-order valence-corrected chi connectivity index (χ3v) is 5.54. The summed E-state index contributed by atoms with van der Waals surface area (Å²) in [6.45, 7) is 0.687. The van der Waals surface area contributed by atoms with Crippen LogP contribution in [0.4, 0.5) is 0 Å². The molecule has 1 aliphatic heterocycles. The standard InChI is InChI=1S/C24H29NO4/c26-22(20-11-10-18-7-4-5-8-19(18)17-20)14-12-21-13-15-23(27)25(21)16-6-2-1-3-9-24(28)29/h4-5,7-8,10-12,14,17,21-22,26H,1-3,6,9,13,15-16H2,(H,28,29)/t21?,22-/m1/s1. The molecule has 0 saturated carbocycles. The van der Waals surface area contributed by atoms with Crippen LogP contribution in [0.2, 0.25) is 0 Å². The lowest BCUT2D eigenvalue weighted by Gasteiger charge is -2.22. The number of likely N-dealkylation sites (tertiary alicyclic amines) is 1. The molecule has 0 aliphatic carbocycles. The Bertz CT molecular complexity index is 876. The van der Waals surface area contributed by atoms with E-state index < -0.39 is 12.1 Å². The van der Waals surface area contributed by atoms with Gasteiger partial charge in [0.1, 0.15) is 0 Å². The summed E-state index contributed by atoms with van der Waals surface area (Å²) < 4.78 is 0. The number of hydrogen-bond donors (Lipinski definition) is 2. The number of aliphatic carboxylic acids is 1. The lowest BCUT2D eigenvalue weighted by Crippen LogP contribution is -2.32. The second-order valence-corrected chi connectivity index (χ2v) is 7.69. The minimum absolute atomic E-state index is 0.0247. The van der Waals surface area contributed by atoms with E-state index in [1.54, 1.807) is 6.08 Å². The molecule has 1 amide bonds. The molecule has 2 aromatic rings. The minimum atomic E-state index is -0.755. The fraction of sp³-hybridized carbons (Fsp3) is 0.417. The third kappa shape index (κ3) is 5.91. The van der Waals surface area contributed by atoms with E-state index in [9.17, 15) is 14.7 Å². The van der Waals surface area contributed by atoms with Crippen LogP contribution in [0.15, 0.2) is 54.6 Å². The lowest BCUT2D eigenvalue weighted by molar-refractivity contribution is -0.137. The van der Waals surface area contributed by atoms with Gasteiger partial charge in [-0.05, 0) is 41.7 Å². The van der Waals surface area contributed by atoms with E-state index in [2.05, 4.69) is 0 Å². The maximum Gasteiger partial charge on any atom is 0.303 e. The number of fused-ring (bicyclic) bond motifs is 1. The summed E-state index contributed by atoms with van der Waals surface area (Å²) in [5.74, 6) is -0.597. The fourth-order valence-electron chi connectivity index (χ4n) is 3.89. The van der Waals surface area contributed by atoms with E-state index in [0.717, 1.165) is 42.0 Å². The summed E-state index contributed by atoms with van der Waals surface area (Å²) in [5, 5.41) is 21.5. The van der Waals surface area contributed by atoms with Crippen molar-refractivity contribution in [2.45, 2.75) is 57.1 Å². The van der Waals surface area contributed by atoms with Crippen molar-refractivity contribution in [2.24, 2.45) is 0 Å². The Hall–Kier alpha value is -2.66. The summed E-state index contributed by atoms with van der Waals surface area (Å²) in [4.78, 5) is 24.6. The van der Waals surface area contributed by atoms with E-state index in [0.29, 0.717) is 19.4 Å². The molecule has 0 radical (unpaired) electrons. The summed E-state index contributed by atoms with van der Waals surface area (Å²) in [6, 6.07) is 14.0. The van der Waals surface area contributed by atoms with Crippen LogP contribution in [0, 0.1) is 0 Å². The molecule has 1 fully saturated rings. The number of carboxylic acid groups (broad SMARTS) is 1. The molecule has 1 unspecified atom stereocenters. The topological polar surface area (TPSA) is 77.8 Å². The van der Waals surface area contributed by atoms with Crippen LogP contribution in [0.3, 0.4) is 0 Å². The normalized spacial score (nSPS) is 18.0. The first-order valence-electron chi connectivity index (χ1n) is 10.4. The SMILES string of the molecule is O=C(O)CCCCCCN1C(=O)CCC1C=C[C@@H](O)c1ccc2ccccc2c1. The minimum Gasteiger partial charge on any atom is -0.481 e. The molecule has 5 heteroatoms. The maximum absolute atomic E-state index is 12.2. The number of benzene rings is 2. The number of carboxylic acids is 1. The van der Waals surface area contributed by atoms with Crippen LogP contribution in [0.5, 0.6) is 0 Å². The van der Waals surface area contributed by atoms with E-state index in [1.807, 2.05) is 53.4 Å². The average molecular weight is 395 g/mol. The number of aliphatic hydroxyl groups is 1. The second kappa shape index (κ2) is 10.2. The highest BCUT2D eigenvalue weighted by molar-refractivity contribution is 5.83. The van der Waals surface area contributed by atoms with Crippen LogP contribution in [0.25, 0.3) is 10.8 Å². The van der Waals surface area contributed by atoms with Crippen molar-refractivity contribution in [3.63, 3.8) is 0 Å². The van der Waals surface area contributed by atoms with Gasteiger partial charge < -0.3 is 15.1 Å². The number of rotatable bonds is 10. The summed E-state index contributed by atoms with van der Waals surface area (Å²) >= 11 is 0. The average Bonchev–Trinajstić information content (AvgIpc) is 3.07. The quantitative estimate of drug-likeness (QED) is 0.460. The number of carbonyl (C=O) groups is 2. The van der Waals surface area contributed by atoms with Gasteiger partial charge in [0.05, 0.1) is 12.1 Å². The fourth-order valence-corrected chi connectivity index (χ4v) is 3.89. The van der Waals surface area contributed by atoms with Crippen LogP contribution < -0.4 is 0 Å². The molecule has 1 aliphatic rings. The van der Waals surface area contributed by atoms with Crippen molar-refractivity contribution in [1.82, 2.24) is 4.90 Å². The van der Waals surface area contributed by atoms with Gasteiger partial charge in [0.25, 0.3) is 0 Å². The van der Waals surface area contributed by atoms with E-state index in [1.165, 1.54) is 0 Å². The number of hydrogen-bond acceptors (Lipinski definition) is 3. The Morgan fingerprint density at radius 3 is 2.66 bits per heavy atom. The summed E-state index contributed by atoms with van der Waals surface area (Å²) in [5.41, 5.74) is 0.842. The van der Waals surface area contributed by atoms with Crippen molar-refractivity contribution in [1.29, 1.82) is 0 Å². The third-order valence-electron chi connectivity index (χ3n) is 5.54. The smallest absolute Gasteiger partial charge is 0.303 e. The number of nitrogens with zero attached hydrogens (tertiary/aromatic N) is 1. The summed E-state index contributed by atoms with van der Waals surface area (Å²) in [6.07, 6.45) is 7.92. The van der Waals surface area contributed by atoms with Crippen LogP contribution >= 0.6 is 0 Å². The Morgan fingerprint density at radius 2 is 1.86 bits per heavy atom. The highest BCUT2D eigenvalue weighted by atomic mass is 16.4. The van der Waals surface area contributed by atoms with Crippen molar-refractivity contribution < 1.29 is 19.8 Å². The van der Waals surface area contributed by atoms with Crippen molar-refractivity contribution >= 4 is 22.6 Å². The molecular formula is C24H29NO4. The molecule has 0 aromatic heterocycles. The van der Waals surface area contributed by atoms with Gasteiger partial charge in [0, 0.05) is 19.4 Å². The number of unbranched alkanes of at least 4 members (excludes halogenated alkanes) is 3. The Labute approximate surface area is 171 Å². The molecule has 1 heterocycles. The Balaban J connectivity index is 1.53. The molecule has 1 saturated heterocycles. The molecule has 0 bridgehead atoms. The zero-order valence-corrected chi connectivity index (χ0v) is 16.7. The molecular weight excluding hydrogens is 366 g/mol. The molecule has 154 valence electrons. The molecule has 5 nitrogen and oxygen atoms in total. The first kappa shape index (κ1) is 21.1. The summed E-state index contributed by atoms with van der Waals surface area (Å²) in [7, 11) is 0. The first-order chi connectivity index (χ1) is 14.0. The molecule has 2 N–H and O–H groups in total. The van der Waals surface area contributed by atoms with Gasteiger partial charge in [-0.25, -0.2) is 0 Å². The van der Waals surface area contributed by atoms with Gasteiger partial charge in [0.15, 0.2) is 0 Å². The number of aliphatic hydroxyl groups excluding tert-OH is 1. The van der Waals surface area contributed by atoms with Crippen LogP contribution in [0.1, 0.15) is 56.6 Å². The van der Waals surface area contributed by atoms with E-state index in [-0.39, 0.29) is 18.4 Å². The number of carbonyl (C=O) groups excluding carboxylic acids is 1. The van der Waals surface area contributed by atoms with Gasteiger partial charge in [-0.1, -0.05) is 61.4 Å². The van der Waals surface area contributed by atoms with E-state index >= 15 is 0 Å². The Kier molecular flexibility index (Phi) is 7.42. The highest BCUT2D eigenvalue weighted by Crippen LogP contribution is 2.24. The second-order valence-electron chi connectivity index (χ2n) is 7.69. The van der Waals surface area contributed by atoms with Crippen LogP contribution in [-0.2, 0) is 9.59 Å². The van der Waals surface area contributed by atoms with Gasteiger partial charge in [-0.15, -0.1) is 0 Å². The zero-order chi connectivity index (χ0) is 20.6. The van der Waals surface area contributed by atoms with Crippen molar-refractivity contribution in [3.05, 3.63) is 60.2 Å². The van der Waals surface area contributed by atoms with Gasteiger partial charge >= 0.3 is 5.97 Å². The Morgan fingerprint density at radius 1 is 1.10 bits per heavy atom. The molecule has 2 atom stereocenters.